The minimum absolute atomic E-state index is 0.0145. The first-order chi connectivity index (χ1) is 12.5. The van der Waals surface area contributed by atoms with Gasteiger partial charge in [-0.3, -0.25) is 9.36 Å². The van der Waals surface area contributed by atoms with E-state index in [4.69, 9.17) is 0 Å². The summed E-state index contributed by atoms with van der Waals surface area (Å²) in [4.78, 5) is 13.2. The molecule has 2 heterocycles. The highest BCUT2D eigenvalue weighted by atomic mass is 79.9. The van der Waals surface area contributed by atoms with E-state index in [0.717, 1.165) is 12.3 Å². The van der Waals surface area contributed by atoms with Crippen molar-refractivity contribution in [3.8, 4) is 5.00 Å². The second kappa shape index (κ2) is 7.28. The Balaban J connectivity index is 1.77. The number of hydrogen-bond acceptors (Lipinski definition) is 5. The summed E-state index contributed by atoms with van der Waals surface area (Å²) in [5, 5.41) is 19.4. The first-order valence-electron chi connectivity index (χ1n) is 9.12. The summed E-state index contributed by atoms with van der Waals surface area (Å²) in [5.74, 6) is -0.0577. The zero-order valence-corrected chi connectivity index (χ0v) is 18.1. The number of thiophene rings is 1. The fourth-order valence-electron chi connectivity index (χ4n) is 3.58. The molecular formula is C18H22BrN3O2S2. The minimum atomic E-state index is -0.803. The van der Waals surface area contributed by atoms with Gasteiger partial charge in [0.1, 0.15) is 10.3 Å². The van der Waals surface area contributed by atoms with Gasteiger partial charge in [0.25, 0.3) is 0 Å². The predicted molar refractivity (Wildman–Crippen MR) is 108 cm³/mol. The number of nitrogens with zero attached hydrogens (tertiary/aromatic N) is 3. The van der Waals surface area contributed by atoms with Gasteiger partial charge in [-0.15, -0.1) is 21.5 Å². The van der Waals surface area contributed by atoms with E-state index >= 15 is 0 Å². The summed E-state index contributed by atoms with van der Waals surface area (Å²) in [6.07, 6.45) is 7.34. The zero-order valence-electron chi connectivity index (χ0n) is 14.9. The Morgan fingerprint density at radius 2 is 1.96 bits per heavy atom. The Morgan fingerprint density at radius 1 is 1.27 bits per heavy atom. The first kappa shape index (κ1) is 18.5. The maximum Gasteiger partial charge on any atom is 0.317 e. The zero-order chi connectivity index (χ0) is 18.4. The molecule has 2 aliphatic carbocycles. The molecule has 0 aromatic carbocycles. The third-order valence-corrected chi connectivity index (χ3v) is 8.47. The molecule has 0 bridgehead atoms. The number of aliphatic carboxylic acids is 1. The van der Waals surface area contributed by atoms with Gasteiger partial charge in [0.2, 0.25) is 4.73 Å². The van der Waals surface area contributed by atoms with Crippen LogP contribution in [0.1, 0.15) is 61.5 Å². The molecule has 4 rings (SSSR count). The van der Waals surface area contributed by atoms with Crippen molar-refractivity contribution < 1.29 is 9.90 Å². The summed E-state index contributed by atoms with van der Waals surface area (Å²) in [5.41, 5.74) is 2.98. The van der Waals surface area contributed by atoms with Gasteiger partial charge < -0.3 is 5.11 Å². The Bertz CT molecular complexity index is 842. The lowest BCUT2D eigenvalue weighted by Crippen LogP contribution is -2.23. The van der Waals surface area contributed by atoms with Gasteiger partial charge in [-0.25, -0.2) is 0 Å². The van der Waals surface area contributed by atoms with Crippen LogP contribution < -0.4 is 0 Å². The van der Waals surface area contributed by atoms with Crippen LogP contribution in [-0.4, -0.2) is 31.1 Å². The molecule has 0 aliphatic heterocycles. The smallest absolute Gasteiger partial charge is 0.317 e. The van der Waals surface area contributed by atoms with Crippen molar-refractivity contribution in [1.29, 1.82) is 0 Å². The van der Waals surface area contributed by atoms with Crippen molar-refractivity contribution in [2.75, 3.05) is 0 Å². The van der Waals surface area contributed by atoms with E-state index in [1.54, 1.807) is 10.4 Å². The standard InChI is InChI=1S/C18H22BrN3O2S2/c1-9(2)13(16(23)24)26-18-21-20-17(19)22(18)15-12-6-4-3-5-11(12)14(25-15)10-7-8-10/h9-10,13H,3-8H2,1-2H3,(H,23,24). The van der Waals surface area contributed by atoms with E-state index < -0.39 is 11.2 Å². The second-order valence-electron chi connectivity index (χ2n) is 7.42. The minimum Gasteiger partial charge on any atom is -0.480 e. The highest BCUT2D eigenvalue weighted by Crippen LogP contribution is 2.50. The van der Waals surface area contributed by atoms with Crippen molar-refractivity contribution in [3.63, 3.8) is 0 Å². The SMILES string of the molecule is CC(C)C(Sc1nnc(Br)n1-c1sc(C2CC2)c2c1CCCC2)C(=O)O. The topological polar surface area (TPSA) is 68.0 Å². The molecular weight excluding hydrogens is 434 g/mol. The van der Waals surface area contributed by atoms with E-state index in [0.29, 0.717) is 9.89 Å². The van der Waals surface area contributed by atoms with Crippen molar-refractivity contribution in [2.24, 2.45) is 5.92 Å². The summed E-state index contributed by atoms with van der Waals surface area (Å²) in [6, 6.07) is 0. The van der Waals surface area contributed by atoms with E-state index in [1.165, 1.54) is 54.4 Å². The number of halogens is 1. The molecule has 140 valence electrons. The molecule has 0 radical (unpaired) electrons. The maximum atomic E-state index is 11.6. The Hall–Kier alpha value is -0.860. The van der Waals surface area contributed by atoms with E-state index in [-0.39, 0.29) is 5.92 Å². The average Bonchev–Trinajstić information content (AvgIpc) is 3.29. The molecule has 1 N–H and O–H groups in total. The molecule has 26 heavy (non-hydrogen) atoms. The van der Waals surface area contributed by atoms with Crippen LogP contribution in [-0.2, 0) is 17.6 Å². The van der Waals surface area contributed by atoms with E-state index in [2.05, 4.69) is 26.1 Å². The fourth-order valence-corrected chi connectivity index (χ4v) is 6.84. The van der Waals surface area contributed by atoms with E-state index in [9.17, 15) is 9.90 Å². The molecule has 2 aromatic heterocycles. The Morgan fingerprint density at radius 3 is 2.58 bits per heavy atom. The van der Waals surface area contributed by atoms with Crippen LogP contribution in [0.15, 0.2) is 9.89 Å². The van der Waals surface area contributed by atoms with Crippen LogP contribution in [0.2, 0.25) is 0 Å². The number of carbonyl (C=O) groups is 1. The van der Waals surface area contributed by atoms with Gasteiger partial charge in [0.05, 0.1) is 0 Å². The first-order valence-corrected chi connectivity index (χ1v) is 11.6. The molecule has 5 nitrogen and oxygen atoms in total. The highest BCUT2D eigenvalue weighted by molar-refractivity contribution is 9.10. The third kappa shape index (κ3) is 3.36. The summed E-state index contributed by atoms with van der Waals surface area (Å²) < 4.78 is 2.69. The van der Waals surface area contributed by atoms with Gasteiger partial charge in [-0.2, -0.15) is 0 Å². The number of carboxylic acids is 1. The van der Waals surface area contributed by atoms with Crippen LogP contribution in [0.4, 0.5) is 0 Å². The van der Waals surface area contributed by atoms with E-state index in [1.807, 2.05) is 29.8 Å². The monoisotopic (exact) mass is 455 g/mol. The van der Waals surface area contributed by atoms with Gasteiger partial charge in [-0.1, -0.05) is 25.6 Å². The number of thioether (sulfide) groups is 1. The van der Waals surface area contributed by atoms with Crippen LogP contribution in [0.3, 0.4) is 0 Å². The molecule has 2 aliphatic rings. The molecule has 1 saturated carbocycles. The van der Waals surface area contributed by atoms with Gasteiger partial charge in [0, 0.05) is 4.88 Å². The third-order valence-electron chi connectivity index (χ3n) is 5.06. The Kier molecular flexibility index (Phi) is 5.18. The summed E-state index contributed by atoms with van der Waals surface area (Å²) in [7, 11) is 0. The van der Waals surface area contributed by atoms with Crippen LogP contribution >= 0.6 is 39.0 Å². The van der Waals surface area contributed by atoms with Crippen LogP contribution in [0.5, 0.6) is 0 Å². The molecule has 2 aromatic rings. The molecule has 1 fully saturated rings. The van der Waals surface area contributed by atoms with Gasteiger partial charge in [0.15, 0.2) is 5.16 Å². The predicted octanol–water partition coefficient (Wildman–Crippen LogP) is 5.05. The normalized spacial score (nSPS) is 18.2. The van der Waals surface area contributed by atoms with Gasteiger partial charge >= 0.3 is 5.97 Å². The summed E-state index contributed by atoms with van der Waals surface area (Å²) >= 11 is 6.71. The maximum absolute atomic E-state index is 11.6. The molecule has 1 unspecified atom stereocenters. The molecule has 0 spiro atoms. The number of aromatic nitrogens is 3. The average molecular weight is 456 g/mol. The van der Waals surface area contributed by atoms with Gasteiger partial charge in [-0.05, 0) is 77.4 Å². The fraction of sp³-hybridized carbons (Fsp3) is 0.611. The quantitative estimate of drug-likeness (QED) is 0.617. The second-order valence-corrected chi connectivity index (χ2v) is 10.3. The van der Waals surface area contributed by atoms with Crippen molar-refractivity contribution >= 4 is 45.0 Å². The molecule has 1 atom stereocenters. The lowest BCUT2D eigenvalue weighted by atomic mass is 9.92. The number of hydrogen-bond donors (Lipinski definition) is 1. The van der Waals surface area contributed by atoms with Crippen molar-refractivity contribution in [1.82, 2.24) is 14.8 Å². The summed E-state index contributed by atoms with van der Waals surface area (Å²) in [6.45, 7) is 3.86. The number of fused-ring (bicyclic) bond motifs is 1. The molecule has 0 amide bonds. The molecule has 8 heteroatoms. The highest BCUT2D eigenvalue weighted by Gasteiger charge is 2.34. The largest absolute Gasteiger partial charge is 0.480 e. The lowest BCUT2D eigenvalue weighted by Gasteiger charge is -2.17. The van der Waals surface area contributed by atoms with Crippen LogP contribution in [0.25, 0.3) is 5.00 Å². The van der Waals surface area contributed by atoms with Crippen LogP contribution in [0, 0.1) is 5.92 Å². The van der Waals surface area contributed by atoms with Crippen molar-refractivity contribution in [2.45, 2.75) is 68.7 Å². The Labute approximate surface area is 169 Å². The lowest BCUT2D eigenvalue weighted by molar-refractivity contribution is -0.137. The van der Waals surface area contributed by atoms with Crippen molar-refractivity contribution in [3.05, 3.63) is 20.7 Å². The number of rotatable bonds is 6. The molecule has 0 saturated heterocycles. The number of carboxylic acid groups (broad SMARTS) is 1.